The van der Waals surface area contributed by atoms with Crippen molar-refractivity contribution in [2.24, 2.45) is 0 Å². The van der Waals surface area contributed by atoms with Crippen molar-refractivity contribution in [3.8, 4) is 45.0 Å². The fraction of sp³-hybridized carbons (Fsp3) is 0.258. The van der Waals surface area contributed by atoms with Crippen LogP contribution in [0.5, 0.6) is 0 Å². The van der Waals surface area contributed by atoms with E-state index in [2.05, 4.69) is 214 Å². The van der Waals surface area contributed by atoms with Crippen LogP contribution in [0.15, 0.2) is 140 Å². The molecule has 5 heteroatoms. The second-order valence-electron chi connectivity index (χ2n) is 23.5. The summed E-state index contributed by atoms with van der Waals surface area (Å²) in [6.45, 7) is 28.4. The van der Waals surface area contributed by atoms with Crippen LogP contribution in [-0.2, 0) is 21.7 Å². The Hall–Kier alpha value is -6.72. The van der Waals surface area contributed by atoms with Crippen LogP contribution in [-0.4, -0.2) is 25.8 Å². The maximum Gasteiger partial charge on any atom is 0.252 e. The van der Waals surface area contributed by atoms with Gasteiger partial charge in [-0.05, 0) is 113 Å². The number of fused-ring (bicyclic) bond motifs is 10. The van der Waals surface area contributed by atoms with Gasteiger partial charge in [0, 0.05) is 50.9 Å². The van der Waals surface area contributed by atoms with E-state index in [1.54, 1.807) is 0 Å². The Morgan fingerprint density at radius 3 is 1.21 bits per heavy atom. The van der Waals surface area contributed by atoms with Crippen LogP contribution in [0.2, 0.25) is 0 Å². The van der Waals surface area contributed by atoms with Gasteiger partial charge in [0.15, 0.2) is 5.82 Å². The summed E-state index contributed by atoms with van der Waals surface area (Å²) in [5.41, 5.74) is 22.5. The smallest absolute Gasteiger partial charge is 0.252 e. The molecular formula is C62H59BN4. The first-order chi connectivity index (χ1) is 31.8. The van der Waals surface area contributed by atoms with Gasteiger partial charge in [0.1, 0.15) is 0 Å². The molecule has 0 N–H and O–H groups in total. The van der Waals surface area contributed by atoms with E-state index in [9.17, 15) is 0 Å². The van der Waals surface area contributed by atoms with Crippen LogP contribution < -0.4 is 16.4 Å². The summed E-state index contributed by atoms with van der Waals surface area (Å²) in [6.07, 6.45) is 3.75. The standard InChI is InChI=1S/C62H59BN4/c1-59(2,3)39-32-43(61(7,8)9)53-47(34-39)66-49-30-38(58-64-28-19-29-65-58)31-50-55(49)63(45-26-24-41(51(53)56(45)66)36-20-15-13-16-21-36)46-27-25-42(37-22-17-14-18-23-37)52-54-44(62(10,11)12)33-40(60(4,5)6)35-48(54)67(50)57(46)52/h13-35H,1-12H3. The molecule has 5 heterocycles. The summed E-state index contributed by atoms with van der Waals surface area (Å²) in [5, 5.41) is 5.32. The minimum atomic E-state index is -0.135. The minimum absolute atomic E-state index is 0.0376. The lowest BCUT2D eigenvalue weighted by atomic mass is 9.34. The molecule has 3 aromatic heterocycles. The van der Waals surface area contributed by atoms with E-state index >= 15 is 0 Å². The van der Waals surface area contributed by atoms with Gasteiger partial charge in [-0.25, -0.2) is 9.97 Å². The molecule has 0 amide bonds. The van der Waals surface area contributed by atoms with Crippen LogP contribution >= 0.6 is 0 Å². The second kappa shape index (κ2) is 13.9. The molecule has 0 atom stereocenters. The molecule has 12 rings (SSSR count). The summed E-state index contributed by atoms with van der Waals surface area (Å²) in [5.74, 6) is 0.725. The lowest BCUT2D eigenvalue weighted by Gasteiger charge is -2.34. The molecule has 0 radical (unpaired) electrons. The summed E-state index contributed by atoms with van der Waals surface area (Å²) in [4.78, 5) is 9.92. The van der Waals surface area contributed by atoms with Crippen molar-refractivity contribution < 1.29 is 0 Å². The molecule has 7 aromatic carbocycles. The topological polar surface area (TPSA) is 35.6 Å². The Balaban J connectivity index is 1.36. The average molecular weight is 871 g/mol. The van der Waals surface area contributed by atoms with Gasteiger partial charge in [-0.3, -0.25) is 0 Å². The van der Waals surface area contributed by atoms with Crippen LogP contribution in [0.4, 0.5) is 0 Å². The quantitative estimate of drug-likeness (QED) is 0.166. The van der Waals surface area contributed by atoms with Crippen molar-refractivity contribution in [2.45, 2.75) is 105 Å². The molecule has 0 spiro atoms. The first-order valence-electron chi connectivity index (χ1n) is 24.2. The van der Waals surface area contributed by atoms with Crippen LogP contribution in [0.3, 0.4) is 0 Å². The largest absolute Gasteiger partial charge is 0.310 e. The van der Waals surface area contributed by atoms with Crippen molar-refractivity contribution in [1.82, 2.24) is 19.1 Å². The van der Waals surface area contributed by atoms with Crippen molar-refractivity contribution in [2.75, 3.05) is 0 Å². The first-order valence-corrected chi connectivity index (χ1v) is 24.2. The van der Waals surface area contributed by atoms with E-state index in [0.717, 1.165) is 11.4 Å². The molecule has 67 heavy (non-hydrogen) atoms. The highest BCUT2D eigenvalue weighted by Gasteiger charge is 2.43. The Morgan fingerprint density at radius 2 is 0.821 bits per heavy atom. The Kier molecular flexibility index (Phi) is 8.66. The molecule has 0 aliphatic carbocycles. The lowest BCUT2D eigenvalue weighted by molar-refractivity contribution is 0.572. The summed E-state index contributed by atoms with van der Waals surface area (Å²) >= 11 is 0. The van der Waals surface area contributed by atoms with Crippen molar-refractivity contribution >= 4 is 66.7 Å². The molecule has 10 aromatic rings. The van der Waals surface area contributed by atoms with Gasteiger partial charge in [0.2, 0.25) is 0 Å². The van der Waals surface area contributed by atoms with E-state index in [4.69, 9.17) is 9.97 Å². The predicted molar refractivity (Wildman–Crippen MR) is 286 cm³/mol. The van der Waals surface area contributed by atoms with Gasteiger partial charge in [-0.15, -0.1) is 0 Å². The maximum atomic E-state index is 4.96. The zero-order valence-electron chi connectivity index (χ0n) is 41.1. The lowest BCUT2D eigenvalue weighted by Crippen LogP contribution is -2.59. The minimum Gasteiger partial charge on any atom is -0.310 e. The maximum absolute atomic E-state index is 4.96. The van der Waals surface area contributed by atoms with Crippen molar-refractivity contribution in [3.63, 3.8) is 0 Å². The number of aromatic nitrogens is 4. The number of benzene rings is 7. The van der Waals surface area contributed by atoms with Crippen LogP contribution in [0, 0.1) is 0 Å². The van der Waals surface area contributed by atoms with E-state index in [1.807, 2.05) is 18.5 Å². The monoisotopic (exact) mass is 870 g/mol. The first kappa shape index (κ1) is 41.7. The highest BCUT2D eigenvalue weighted by molar-refractivity contribution is 7.00. The average Bonchev–Trinajstić information content (AvgIpc) is 3.83. The van der Waals surface area contributed by atoms with Gasteiger partial charge < -0.3 is 9.13 Å². The van der Waals surface area contributed by atoms with E-state index in [0.29, 0.717) is 0 Å². The molecule has 0 saturated carbocycles. The highest BCUT2D eigenvalue weighted by atomic mass is 15.0. The SMILES string of the molecule is CC(C)(C)c1cc(C(C)(C)C)c2c3c(-c4ccccc4)ccc4c3n(c2c1)-c1cc(-c2ncccn2)cc2c1B4c1ccc(-c3ccccc3)c3c4c(C(C)(C)C)cc(C(C)(C)C)cc4n-2c13. The number of nitrogens with zero attached hydrogens (tertiary/aromatic N) is 4. The fourth-order valence-corrected chi connectivity index (χ4v) is 11.7. The van der Waals surface area contributed by atoms with Gasteiger partial charge in [-0.1, -0.05) is 180 Å². The summed E-state index contributed by atoms with van der Waals surface area (Å²) in [6, 6.07) is 48.7. The third kappa shape index (κ3) is 6.05. The fourth-order valence-electron chi connectivity index (χ4n) is 11.7. The number of hydrogen-bond donors (Lipinski definition) is 0. The molecule has 4 nitrogen and oxygen atoms in total. The normalized spacial score (nSPS) is 13.6. The Labute approximate surface area is 395 Å². The van der Waals surface area contributed by atoms with E-state index in [-0.39, 0.29) is 28.4 Å². The van der Waals surface area contributed by atoms with Crippen molar-refractivity contribution in [1.29, 1.82) is 0 Å². The third-order valence-corrected chi connectivity index (χ3v) is 15.0. The van der Waals surface area contributed by atoms with Gasteiger partial charge in [0.05, 0.1) is 22.1 Å². The van der Waals surface area contributed by atoms with Gasteiger partial charge >= 0.3 is 0 Å². The molecule has 2 aliphatic rings. The molecule has 0 bridgehead atoms. The number of rotatable bonds is 3. The van der Waals surface area contributed by atoms with E-state index in [1.165, 1.54) is 116 Å². The second-order valence-corrected chi connectivity index (χ2v) is 23.5. The van der Waals surface area contributed by atoms with Gasteiger partial charge in [0.25, 0.3) is 6.71 Å². The Morgan fingerprint density at radius 1 is 0.403 bits per heavy atom. The molecule has 330 valence electrons. The third-order valence-electron chi connectivity index (χ3n) is 15.0. The van der Waals surface area contributed by atoms with Crippen molar-refractivity contribution in [3.05, 3.63) is 162 Å². The zero-order chi connectivity index (χ0) is 46.7. The zero-order valence-corrected chi connectivity index (χ0v) is 41.1. The Bertz CT molecular complexity index is 3470. The number of hydrogen-bond acceptors (Lipinski definition) is 2. The summed E-state index contributed by atoms with van der Waals surface area (Å²) < 4.78 is 5.32. The molecular weight excluding hydrogens is 812 g/mol. The molecule has 0 unspecified atom stereocenters. The van der Waals surface area contributed by atoms with Crippen LogP contribution in [0.25, 0.3) is 88.6 Å². The predicted octanol–water partition coefficient (Wildman–Crippen LogP) is 14.0. The summed E-state index contributed by atoms with van der Waals surface area (Å²) in [7, 11) is 0. The van der Waals surface area contributed by atoms with Gasteiger partial charge in [-0.2, -0.15) is 0 Å². The molecule has 0 saturated heterocycles. The molecule has 0 fully saturated rings. The molecule has 2 aliphatic heterocycles. The highest BCUT2D eigenvalue weighted by Crippen LogP contribution is 2.49. The van der Waals surface area contributed by atoms with Crippen LogP contribution in [0.1, 0.15) is 105 Å². The van der Waals surface area contributed by atoms with E-state index < -0.39 is 0 Å².